The third-order valence-electron chi connectivity index (χ3n) is 3.30. The molecule has 1 aromatic rings. The lowest BCUT2D eigenvalue weighted by atomic mass is 10.2. The van der Waals surface area contributed by atoms with Gasteiger partial charge in [-0.1, -0.05) is 24.8 Å². The molecule has 0 bridgehead atoms. The van der Waals surface area contributed by atoms with Crippen LogP contribution in [-0.4, -0.2) is 41.8 Å². The molecule has 0 unspecified atom stereocenters. The number of benzene rings is 1. The number of carbonyl (C=O) groups excluding carboxylic acids is 3. The molecule has 1 atom stereocenters. The molecule has 0 radical (unpaired) electrons. The molecule has 2 amide bonds. The van der Waals surface area contributed by atoms with E-state index in [1.807, 2.05) is 0 Å². The van der Waals surface area contributed by atoms with Crippen molar-refractivity contribution in [3.63, 3.8) is 0 Å². The van der Waals surface area contributed by atoms with Crippen LogP contribution in [0.15, 0.2) is 41.8 Å². The number of ether oxygens (including phenoxy) is 2. The summed E-state index contributed by atoms with van der Waals surface area (Å²) in [5, 5.41) is -0.491. The molecule has 7 heteroatoms. The van der Waals surface area contributed by atoms with Crippen LogP contribution in [0, 0.1) is 0 Å². The summed E-state index contributed by atoms with van der Waals surface area (Å²) in [5.74, 6) is -0.461. The van der Waals surface area contributed by atoms with Crippen molar-refractivity contribution >= 4 is 35.0 Å². The number of hydrogen-bond donors (Lipinski definition) is 0. The van der Waals surface area contributed by atoms with Gasteiger partial charge in [0.1, 0.15) is 18.4 Å². The van der Waals surface area contributed by atoms with Crippen molar-refractivity contribution in [2.45, 2.75) is 13.0 Å². The van der Waals surface area contributed by atoms with E-state index < -0.39 is 23.2 Å². The van der Waals surface area contributed by atoms with Crippen molar-refractivity contribution in [3.05, 3.63) is 47.4 Å². The highest BCUT2D eigenvalue weighted by molar-refractivity contribution is 8.18. The second kappa shape index (κ2) is 7.83. The topological polar surface area (TPSA) is 72.9 Å². The Morgan fingerprint density at radius 1 is 1.33 bits per heavy atom. The van der Waals surface area contributed by atoms with Gasteiger partial charge < -0.3 is 9.47 Å². The molecule has 1 aliphatic heterocycles. The van der Waals surface area contributed by atoms with Crippen LogP contribution in [0.2, 0.25) is 0 Å². The Hall–Kier alpha value is -2.54. The molecular weight excluding hydrogens is 330 g/mol. The number of esters is 1. The number of methoxy groups -OCH3 is 1. The predicted molar refractivity (Wildman–Crippen MR) is 91.4 cm³/mol. The normalized spacial score (nSPS) is 17.1. The maximum absolute atomic E-state index is 12.4. The van der Waals surface area contributed by atoms with E-state index in [0.29, 0.717) is 12.4 Å². The lowest BCUT2D eigenvalue weighted by Gasteiger charge is -2.18. The van der Waals surface area contributed by atoms with Crippen molar-refractivity contribution in [2.75, 3.05) is 13.7 Å². The van der Waals surface area contributed by atoms with E-state index in [0.717, 1.165) is 22.2 Å². The molecule has 6 nitrogen and oxygen atoms in total. The minimum absolute atomic E-state index is 0.260. The van der Waals surface area contributed by atoms with Gasteiger partial charge in [-0.05, 0) is 42.5 Å². The van der Waals surface area contributed by atoms with Gasteiger partial charge >= 0.3 is 5.97 Å². The monoisotopic (exact) mass is 347 g/mol. The fourth-order valence-electron chi connectivity index (χ4n) is 2.06. The first-order valence-corrected chi connectivity index (χ1v) is 7.98. The van der Waals surface area contributed by atoms with Gasteiger partial charge in [-0.15, -0.1) is 0 Å². The zero-order valence-corrected chi connectivity index (χ0v) is 14.2. The lowest BCUT2D eigenvalue weighted by Crippen LogP contribution is -2.42. The number of hydrogen-bond acceptors (Lipinski definition) is 6. The molecular formula is C17H17NO5S. The molecule has 1 fully saturated rings. The van der Waals surface area contributed by atoms with Crippen molar-refractivity contribution in [1.82, 2.24) is 4.90 Å². The maximum atomic E-state index is 12.4. The van der Waals surface area contributed by atoms with Crippen LogP contribution in [0.25, 0.3) is 6.08 Å². The summed E-state index contributed by atoms with van der Waals surface area (Å²) >= 11 is 0.797. The first-order chi connectivity index (χ1) is 11.5. The quantitative estimate of drug-likeness (QED) is 0.448. The fourth-order valence-corrected chi connectivity index (χ4v) is 2.96. The Morgan fingerprint density at radius 3 is 2.58 bits per heavy atom. The largest absolute Gasteiger partial charge is 0.490 e. The van der Waals surface area contributed by atoms with Gasteiger partial charge in [0.05, 0.1) is 12.0 Å². The lowest BCUT2D eigenvalue weighted by molar-refractivity contribution is -0.148. The second-order valence-electron chi connectivity index (χ2n) is 4.92. The highest BCUT2D eigenvalue weighted by Crippen LogP contribution is 2.34. The standard InChI is InChI=1S/C17H17NO5S/c1-4-9-23-13-7-5-12(6-8-13)10-14-15(19)18(17(21)24-14)11(2)16(20)22-3/h4-8,10-11H,1,9H2,2-3H3/b14-10+/t11-/m0/s1. The molecule has 0 saturated carbocycles. The van der Waals surface area contributed by atoms with Crippen molar-refractivity contribution in [3.8, 4) is 5.75 Å². The Kier molecular flexibility index (Phi) is 5.81. The smallest absolute Gasteiger partial charge is 0.328 e. The van der Waals surface area contributed by atoms with Gasteiger partial charge in [0, 0.05) is 0 Å². The zero-order valence-electron chi connectivity index (χ0n) is 13.4. The summed E-state index contributed by atoms with van der Waals surface area (Å²) in [7, 11) is 1.21. The summed E-state index contributed by atoms with van der Waals surface area (Å²) in [6.45, 7) is 5.43. The number of carbonyl (C=O) groups is 3. The van der Waals surface area contributed by atoms with E-state index in [1.165, 1.54) is 14.0 Å². The van der Waals surface area contributed by atoms with Gasteiger partial charge in [0.25, 0.3) is 11.1 Å². The van der Waals surface area contributed by atoms with E-state index in [1.54, 1.807) is 36.4 Å². The fraction of sp³-hybridized carbons (Fsp3) is 0.235. The Balaban J connectivity index is 2.16. The van der Waals surface area contributed by atoms with Gasteiger partial charge in [0.2, 0.25) is 0 Å². The minimum atomic E-state index is -0.955. The van der Waals surface area contributed by atoms with Gasteiger partial charge in [-0.25, -0.2) is 4.79 Å². The molecule has 126 valence electrons. The summed E-state index contributed by atoms with van der Waals surface area (Å²) in [6.07, 6.45) is 3.25. The summed E-state index contributed by atoms with van der Waals surface area (Å²) in [4.78, 5) is 37.1. The first kappa shape index (κ1) is 17.8. The van der Waals surface area contributed by atoms with Crippen LogP contribution in [0.3, 0.4) is 0 Å². The Morgan fingerprint density at radius 2 is 2.00 bits per heavy atom. The van der Waals surface area contributed by atoms with Crippen LogP contribution < -0.4 is 4.74 Å². The van der Waals surface area contributed by atoms with E-state index >= 15 is 0 Å². The van der Waals surface area contributed by atoms with E-state index in [2.05, 4.69) is 11.3 Å². The average molecular weight is 347 g/mol. The molecule has 24 heavy (non-hydrogen) atoms. The number of rotatable bonds is 6. The average Bonchev–Trinajstić information content (AvgIpc) is 2.86. The number of imide groups is 1. The first-order valence-electron chi connectivity index (χ1n) is 7.16. The molecule has 0 aliphatic carbocycles. The molecule has 0 N–H and O–H groups in total. The summed E-state index contributed by atoms with van der Waals surface area (Å²) < 4.78 is 9.97. The number of amides is 2. The summed E-state index contributed by atoms with van der Waals surface area (Å²) in [5.41, 5.74) is 0.747. The van der Waals surface area contributed by atoms with Gasteiger partial charge in [-0.2, -0.15) is 0 Å². The maximum Gasteiger partial charge on any atom is 0.328 e. The highest BCUT2D eigenvalue weighted by Gasteiger charge is 2.41. The Labute approximate surface area is 144 Å². The van der Waals surface area contributed by atoms with Crippen LogP contribution in [0.5, 0.6) is 5.75 Å². The molecule has 1 aromatic carbocycles. The molecule has 0 spiro atoms. The SMILES string of the molecule is C=CCOc1ccc(/C=C2/SC(=O)N([C@@H](C)C(=O)OC)C2=O)cc1. The van der Waals surface area contributed by atoms with Crippen molar-refractivity contribution < 1.29 is 23.9 Å². The molecule has 1 aliphatic rings. The van der Waals surface area contributed by atoms with Crippen LogP contribution >= 0.6 is 11.8 Å². The third-order valence-corrected chi connectivity index (χ3v) is 4.18. The number of thioether (sulfide) groups is 1. The van der Waals surface area contributed by atoms with E-state index in [-0.39, 0.29) is 4.91 Å². The van der Waals surface area contributed by atoms with Crippen LogP contribution in [0.4, 0.5) is 4.79 Å². The van der Waals surface area contributed by atoms with Gasteiger partial charge in [0.15, 0.2) is 0 Å². The van der Waals surface area contributed by atoms with E-state index in [9.17, 15) is 14.4 Å². The Bertz CT molecular complexity index is 695. The third kappa shape index (κ3) is 3.86. The second-order valence-corrected chi connectivity index (χ2v) is 5.91. The minimum Gasteiger partial charge on any atom is -0.490 e. The molecule has 1 saturated heterocycles. The zero-order chi connectivity index (χ0) is 17.7. The van der Waals surface area contributed by atoms with Gasteiger partial charge in [-0.3, -0.25) is 14.5 Å². The van der Waals surface area contributed by atoms with Crippen molar-refractivity contribution in [2.24, 2.45) is 0 Å². The predicted octanol–water partition coefficient (Wildman–Crippen LogP) is 2.85. The van der Waals surface area contributed by atoms with E-state index in [4.69, 9.17) is 4.74 Å². The molecule has 0 aromatic heterocycles. The molecule has 1 heterocycles. The van der Waals surface area contributed by atoms with Crippen LogP contribution in [-0.2, 0) is 14.3 Å². The number of nitrogens with zero attached hydrogens (tertiary/aromatic N) is 1. The van der Waals surface area contributed by atoms with Crippen molar-refractivity contribution in [1.29, 1.82) is 0 Å². The summed E-state index contributed by atoms with van der Waals surface area (Å²) in [6, 6.07) is 6.11. The van der Waals surface area contributed by atoms with Crippen LogP contribution in [0.1, 0.15) is 12.5 Å². The molecule has 2 rings (SSSR count). The highest BCUT2D eigenvalue weighted by atomic mass is 32.2.